The minimum absolute atomic E-state index is 0.000926. The molecule has 6 nitrogen and oxygen atoms in total. The Labute approximate surface area is 105 Å². The molecule has 6 heteroatoms. The Morgan fingerprint density at radius 1 is 0.889 bits per heavy atom. The molecule has 0 unspecified atom stereocenters. The van der Waals surface area contributed by atoms with E-state index in [4.69, 9.17) is 0 Å². The summed E-state index contributed by atoms with van der Waals surface area (Å²) < 4.78 is 0. The average molecular weight is 246 g/mol. The lowest BCUT2D eigenvalue weighted by molar-refractivity contribution is 0.149. The molecule has 4 aliphatic rings. The quantitative estimate of drug-likeness (QED) is 0.639. The smallest absolute Gasteiger partial charge is 0.295 e. The molecule has 2 fully saturated rings. The molecule has 18 heavy (non-hydrogen) atoms. The molecule has 94 valence electrons. The molecule has 4 heterocycles. The first kappa shape index (κ1) is 9.99. The highest BCUT2D eigenvalue weighted by Crippen LogP contribution is 2.40. The van der Waals surface area contributed by atoms with Gasteiger partial charge in [-0.15, -0.1) is 0 Å². The second-order valence-electron chi connectivity index (χ2n) is 5.41. The molecule has 0 N–H and O–H groups in total. The van der Waals surface area contributed by atoms with Crippen LogP contribution in [0.15, 0.2) is 23.5 Å². The molecule has 0 spiro atoms. The van der Waals surface area contributed by atoms with Crippen molar-refractivity contribution in [3.8, 4) is 0 Å². The summed E-state index contributed by atoms with van der Waals surface area (Å²) in [6.07, 6.45) is 3.46. The fraction of sp³-hybridized carbons (Fsp3) is 0.500. The van der Waals surface area contributed by atoms with E-state index in [1.54, 1.807) is 19.6 Å². The molecule has 4 rings (SSSR count). The lowest BCUT2D eigenvalue weighted by Crippen LogP contribution is -2.48. The van der Waals surface area contributed by atoms with Crippen LogP contribution in [0, 0.1) is 0 Å². The fourth-order valence-electron chi connectivity index (χ4n) is 3.34. The van der Waals surface area contributed by atoms with E-state index in [-0.39, 0.29) is 24.4 Å². The third kappa shape index (κ3) is 0.950. The number of nitrogens with zero attached hydrogens (tertiary/aromatic N) is 4. The average Bonchev–Trinajstić information content (AvgIpc) is 2.75. The molecule has 2 saturated heterocycles. The normalized spacial score (nSPS) is 33.0. The number of urea groups is 2. The molecule has 4 aliphatic heterocycles. The van der Waals surface area contributed by atoms with E-state index < -0.39 is 0 Å². The topological polar surface area (TPSA) is 47.1 Å². The van der Waals surface area contributed by atoms with E-state index in [1.165, 1.54) is 0 Å². The van der Waals surface area contributed by atoms with Crippen LogP contribution in [0.3, 0.4) is 0 Å². The van der Waals surface area contributed by atoms with E-state index in [1.807, 2.05) is 26.2 Å². The summed E-state index contributed by atoms with van der Waals surface area (Å²) in [5, 5.41) is 0. The van der Waals surface area contributed by atoms with Crippen molar-refractivity contribution in [1.29, 1.82) is 0 Å². The SMILES string of the molecule is CC1=CN2C(=O)N3CC(C)=CN4C(=O)N(C1)[C@@H]2[C@H]43. The van der Waals surface area contributed by atoms with Gasteiger partial charge in [0.2, 0.25) is 0 Å². The highest BCUT2D eigenvalue weighted by Gasteiger charge is 2.60. The lowest BCUT2D eigenvalue weighted by Gasteiger charge is -2.33. The highest BCUT2D eigenvalue weighted by atomic mass is 16.2. The van der Waals surface area contributed by atoms with E-state index in [2.05, 4.69) is 0 Å². The highest BCUT2D eigenvalue weighted by molar-refractivity contribution is 5.88. The Balaban J connectivity index is 1.89. The van der Waals surface area contributed by atoms with E-state index in [9.17, 15) is 9.59 Å². The van der Waals surface area contributed by atoms with Crippen molar-refractivity contribution >= 4 is 12.1 Å². The molecule has 2 atom stereocenters. The Morgan fingerprint density at radius 3 is 1.67 bits per heavy atom. The second kappa shape index (κ2) is 2.88. The number of hydrogen-bond donors (Lipinski definition) is 0. The first-order valence-corrected chi connectivity index (χ1v) is 6.10. The van der Waals surface area contributed by atoms with Gasteiger partial charge in [-0.1, -0.05) is 0 Å². The Bertz CT molecular complexity index is 490. The van der Waals surface area contributed by atoms with Crippen molar-refractivity contribution in [2.45, 2.75) is 26.2 Å². The maximum Gasteiger partial charge on any atom is 0.327 e. The van der Waals surface area contributed by atoms with Gasteiger partial charge in [0.05, 0.1) is 0 Å². The molecule has 0 aliphatic carbocycles. The zero-order chi connectivity index (χ0) is 12.6. The standard InChI is InChI=1S/C12H14N4O2/c1-7-3-13-9-10-15(11(13)17)5-8(2)6-16(10)12(18)14(9)4-7/h3,6,9-10H,4-5H2,1-2H3/t9-,10+/m1/s1. The van der Waals surface area contributed by atoms with E-state index in [0.717, 1.165) is 11.1 Å². The number of carbonyl (C=O) groups excluding carboxylic acids is 2. The molecule has 0 aromatic heterocycles. The molecule has 0 radical (unpaired) electrons. The van der Waals surface area contributed by atoms with Gasteiger partial charge in [-0.3, -0.25) is 19.6 Å². The van der Waals surface area contributed by atoms with Gasteiger partial charge in [0, 0.05) is 25.5 Å². The van der Waals surface area contributed by atoms with Crippen molar-refractivity contribution in [2.24, 2.45) is 0 Å². The van der Waals surface area contributed by atoms with Crippen molar-refractivity contribution in [1.82, 2.24) is 19.6 Å². The van der Waals surface area contributed by atoms with Crippen molar-refractivity contribution in [2.75, 3.05) is 13.1 Å². The van der Waals surface area contributed by atoms with Crippen LogP contribution < -0.4 is 0 Å². The van der Waals surface area contributed by atoms with Crippen molar-refractivity contribution in [3.05, 3.63) is 23.5 Å². The van der Waals surface area contributed by atoms with Crippen LogP contribution in [0.1, 0.15) is 13.8 Å². The third-order valence-corrected chi connectivity index (χ3v) is 3.97. The van der Waals surface area contributed by atoms with Crippen LogP contribution in [0.5, 0.6) is 0 Å². The number of hydrogen-bond acceptors (Lipinski definition) is 2. The van der Waals surface area contributed by atoms with E-state index in [0.29, 0.717) is 13.1 Å². The summed E-state index contributed by atoms with van der Waals surface area (Å²) in [6, 6.07) is -0.00185. The minimum Gasteiger partial charge on any atom is -0.295 e. The lowest BCUT2D eigenvalue weighted by atomic mass is 10.2. The van der Waals surface area contributed by atoms with Gasteiger partial charge in [0.25, 0.3) is 0 Å². The molecule has 0 aromatic rings. The fourth-order valence-corrected chi connectivity index (χ4v) is 3.34. The van der Waals surface area contributed by atoms with E-state index >= 15 is 0 Å². The molecule has 0 aromatic carbocycles. The Hall–Kier alpha value is -1.98. The van der Waals surface area contributed by atoms with Gasteiger partial charge in [-0.25, -0.2) is 9.59 Å². The van der Waals surface area contributed by atoms with Crippen molar-refractivity contribution < 1.29 is 9.59 Å². The van der Waals surface area contributed by atoms with Gasteiger partial charge >= 0.3 is 12.1 Å². The summed E-state index contributed by atoms with van der Waals surface area (Å²) in [5.74, 6) is 0. The predicted molar refractivity (Wildman–Crippen MR) is 63.0 cm³/mol. The number of carbonyl (C=O) groups is 2. The Morgan fingerprint density at radius 2 is 1.28 bits per heavy atom. The van der Waals surface area contributed by atoms with Crippen LogP contribution in [-0.2, 0) is 0 Å². The first-order chi connectivity index (χ1) is 8.58. The van der Waals surface area contributed by atoms with Crippen LogP contribution >= 0.6 is 0 Å². The second-order valence-corrected chi connectivity index (χ2v) is 5.41. The summed E-state index contributed by atoms with van der Waals surface area (Å²) >= 11 is 0. The van der Waals surface area contributed by atoms with Gasteiger partial charge in [-0.2, -0.15) is 0 Å². The third-order valence-electron chi connectivity index (χ3n) is 3.97. The Kier molecular flexibility index (Phi) is 1.60. The van der Waals surface area contributed by atoms with Crippen LogP contribution in [0.25, 0.3) is 0 Å². The largest absolute Gasteiger partial charge is 0.327 e. The van der Waals surface area contributed by atoms with Crippen LogP contribution in [0.4, 0.5) is 9.59 Å². The maximum atomic E-state index is 12.4. The summed E-state index contributed by atoms with van der Waals surface area (Å²) in [7, 11) is 0. The molecule has 0 saturated carbocycles. The number of amides is 4. The molecular weight excluding hydrogens is 232 g/mol. The summed E-state index contributed by atoms with van der Waals surface area (Å²) in [6.45, 7) is 5.12. The summed E-state index contributed by atoms with van der Waals surface area (Å²) in [5.41, 5.74) is 2.08. The monoisotopic (exact) mass is 246 g/mol. The van der Waals surface area contributed by atoms with Crippen LogP contribution in [-0.4, -0.2) is 57.1 Å². The maximum absolute atomic E-state index is 12.4. The first-order valence-electron chi connectivity index (χ1n) is 6.10. The zero-order valence-corrected chi connectivity index (χ0v) is 10.3. The molecule has 4 amide bonds. The molecule has 0 bridgehead atoms. The van der Waals surface area contributed by atoms with Crippen LogP contribution in [0.2, 0.25) is 0 Å². The van der Waals surface area contributed by atoms with Gasteiger partial charge < -0.3 is 0 Å². The zero-order valence-electron chi connectivity index (χ0n) is 10.3. The minimum atomic E-state index is -0.155. The predicted octanol–water partition coefficient (Wildman–Crippen LogP) is 0.949. The van der Waals surface area contributed by atoms with Gasteiger partial charge in [-0.05, 0) is 25.0 Å². The summed E-state index contributed by atoms with van der Waals surface area (Å²) in [4.78, 5) is 31.7. The van der Waals surface area contributed by atoms with Gasteiger partial charge in [0.15, 0.2) is 12.3 Å². The molecular formula is C12H14N4O2. The number of rotatable bonds is 0. The van der Waals surface area contributed by atoms with Crippen molar-refractivity contribution in [3.63, 3.8) is 0 Å². The van der Waals surface area contributed by atoms with Gasteiger partial charge in [0.1, 0.15) is 0 Å².